The zero-order valence-electron chi connectivity index (χ0n) is 13.5. The summed E-state index contributed by atoms with van der Waals surface area (Å²) >= 11 is 0. The van der Waals surface area contributed by atoms with Crippen molar-refractivity contribution in [1.82, 2.24) is 4.90 Å². The second-order valence-corrected chi connectivity index (χ2v) is 6.66. The first kappa shape index (κ1) is 15.5. The van der Waals surface area contributed by atoms with Crippen LogP contribution in [0, 0.1) is 5.92 Å². The lowest BCUT2D eigenvalue weighted by Crippen LogP contribution is -2.52. The van der Waals surface area contributed by atoms with Crippen molar-refractivity contribution in [2.45, 2.75) is 51.5 Å². The van der Waals surface area contributed by atoms with E-state index in [1.54, 1.807) is 0 Å². The first-order chi connectivity index (χ1) is 9.55. The molecule has 0 aromatic heterocycles. The van der Waals surface area contributed by atoms with Gasteiger partial charge < -0.3 is 5.73 Å². The second-order valence-electron chi connectivity index (χ2n) is 6.66. The molecule has 112 valence electrons. The molecule has 0 heterocycles. The predicted octanol–water partition coefficient (Wildman–Crippen LogP) is 3.72. The SMILES string of the molecule is CCC(C)CN(C)C1(CN)CCC(C)c2ccccc21. The van der Waals surface area contributed by atoms with Crippen molar-refractivity contribution in [3.63, 3.8) is 0 Å². The minimum atomic E-state index is 0.0343. The van der Waals surface area contributed by atoms with Crippen LogP contribution < -0.4 is 5.73 Å². The topological polar surface area (TPSA) is 29.3 Å². The van der Waals surface area contributed by atoms with E-state index < -0.39 is 0 Å². The van der Waals surface area contributed by atoms with Crippen LogP contribution in [0.15, 0.2) is 24.3 Å². The summed E-state index contributed by atoms with van der Waals surface area (Å²) in [4.78, 5) is 2.52. The van der Waals surface area contributed by atoms with Gasteiger partial charge in [0, 0.05) is 13.1 Å². The molecule has 1 aromatic rings. The Labute approximate surface area is 124 Å². The van der Waals surface area contributed by atoms with E-state index in [9.17, 15) is 0 Å². The van der Waals surface area contributed by atoms with Crippen molar-refractivity contribution in [3.8, 4) is 0 Å². The van der Waals surface area contributed by atoms with E-state index in [0.29, 0.717) is 12.5 Å². The number of nitrogens with zero attached hydrogens (tertiary/aromatic N) is 1. The number of fused-ring (bicyclic) bond motifs is 1. The van der Waals surface area contributed by atoms with Crippen molar-refractivity contribution in [3.05, 3.63) is 35.4 Å². The summed E-state index contributed by atoms with van der Waals surface area (Å²) < 4.78 is 0. The van der Waals surface area contributed by atoms with E-state index in [4.69, 9.17) is 5.73 Å². The molecule has 0 saturated heterocycles. The highest BCUT2D eigenvalue weighted by atomic mass is 15.2. The predicted molar refractivity (Wildman–Crippen MR) is 86.9 cm³/mol. The first-order valence-corrected chi connectivity index (χ1v) is 8.05. The van der Waals surface area contributed by atoms with Gasteiger partial charge in [-0.15, -0.1) is 0 Å². The lowest BCUT2D eigenvalue weighted by atomic mass is 9.71. The smallest absolute Gasteiger partial charge is 0.0584 e. The normalized spacial score (nSPS) is 27.4. The van der Waals surface area contributed by atoms with Crippen LogP contribution in [0.3, 0.4) is 0 Å². The van der Waals surface area contributed by atoms with Gasteiger partial charge in [0.25, 0.3) is 0 Å². The number of hydrogen-bond acceptors (Lipinski definition) is 2. The van der Waals surface area contributed by atoms with Crippen LogP contribution in [0.2, 0.25) is 0 Å². The minimum absolute atomic E-state index is 0.0343. The molecule has 0 aliphatic heterocycles. The van der Waals surface area contributed by atoms with Gasteiger partial charge in [0.2, 0.25) is 0 Å². The van der Waals surface area contributed by atoms with Gasteiger partial charge in [-0.05, 0) is 42.9 Å². The van der Waals surface area contributed by atoms with Crippen LogP contribution >= 0.6 is 0 Å². The molecule has 3 unspecified atom stereocenters. The molecule has 0 bridgehead atoms. The highest BCUT2D eigenvalue weighted by Crippen LogP contribution is 2.44. The number of benzene rings is 1. The third-order valence-corrected chi connectivity index (χ3v) is 5.33. The summed E-state index contributed by atoms with van der Waals surface area (Å²) in [6.07, 6.45) is 3.64. The minimum Gasteiger partial charge on any atom is -0.328 e. The third-order valence-electron chi connectivity index (χ3n) is 5.33. The van der Waals surface area contributed by atoms with Gasteiger partial charge in [0.05, 0.1) is 5.54 Å². The maximum atomic E-state index is 6.27. The Hall–Kier alpha value is -0.860. The molecule has 2 rings (SSSR count). The van der Waals surface area contributed by atoms with Crippen LogP contribution in [0.5, 0.6) is 0 Å². The zero-order valence-corrected chi connectivity index (χ0v) is 13.5. The average Bonchev–Trinajstić information content (AvgIpc) is 2.48. The summed E-state index contributed by atoms with van der Waals surface area (Å²) in [7, 11) is 2.26. The molecule has 1 aromatic carbocycles. The van der Waals surface area contributed by atoms with Crippen molar-refractivity contribution in [2.75, 3.05) is 20.1 Å². The Morgan fingerprint density at radius 1 is 1.40 bits per heavy atom. The molecule has 3 atom stereocenters. The fourth-order valence-corrected chi connectivity index (χ4v) is 3.63. The lowest BCUT2D eigenvalue weighted by molar-refractivity contribution is 0.0839. The standard InChI is InChI=1S/C18H30N2/c1-5-14(2)12-20(4)18(13-19)11-10-15(3)16-8-6-7-9-17(16)18/h6-9,14-15H,5,10-13,19H2,1-4H3. The molecule has 2 heteroatoms. The van der Waals surface area contributed by atoms with Crippen LogP contribution in [0.25, 0.3) is 0 Å². The fraction of sp³-hybridized carbons (Fsp3) is 0.667. The molecule has 0 saturated carbocycles. The van der Waals surface area contributed by atoms with Gasteiger partial charge in [-0.25, -0.2) is 0 Å². The zero-order chi connectivity index (χ0) is 14.8. The highest BCUT2D eigenvalue weighted by molar-refractivity contribution is 5.39. The average molecular weight is 274 g/mol. The van der Waals surface area contributed by atoms with E-state index >= 15 is 0 Å². The Kier molecular flexibility index (Phi) is 4.87. The third kappa shape index (κ3) is 2.64. The molecule has 0 fully saturated rings. The summed E-state index contributed by atoms with van der Waals surface area (Å²) in [5.74, 6) is 1.37. The highest BCUT2D eigenvalue weighted by Gasteiger charge is 2.40. The van der Waals surface area contributed by atoms with E-state index in [2.05, 4.69) is 57.0 Å². The fourth-order valence-electron chi connectivity index (χ4n) is 3.63. The van der Waals surface area contributed by atoms with Gasteiger partial charge in [-0.1, -0.05) is 51.5 Å². The number of likely N-dealkylation sites (N-methyl/N-ethyl adjacent to an activating group) is 1. The maximum absolute atomic E-state index is 6.27. The number of hydrogen-bond donors (Lipinski definition) is 1. The lowest BCUT2D eigenvalue weighted by Gasteiger charge is -2.47. The van der Waals surface area contributed by atoms with E-state index in [-0.39, 0.29) is 5.54 Å². The Bertz CT molecular complexity index is 443. The van der Waals surface area contributed by atoms with Crippen LogP contribution in [-0.2, 0) is 5.54 Å². The quantitative estimate of drug-likeness (QED) is 0.886. The van der Waals surface area contributed by atoms with Gasteiger partial charge in [0.1, 0.15) is 0 Å². The molecule has 1 aliphatic carbocycles. The largest absolute Gasteiger partial charge is 0.328 e. The molecular weight excluding hydrogens is 244 g/mol. The summed E-state index contributed by atoms with van der Waals surface area (Å²) in [5.41, 5.74) is 9.27. The molecule has 2 nitrogen and oxygen atoms in total. The van der Waals surface area contributed by atoms with Crippen molar-refractivity contribution in [1.29, 1.82) is 0 Å². The Balaban J connectivity index is 2.38. The molecule has 0 spiro atoms. The molecule has 0 amide bonds. The Morgan fingerprint density at radius 3 is 2.75 bits per heavy atom. The van der Waals surface area contributed by atoms with Crippen molar-refractivity contribution >= 4 is 0 Å². The van der Waals surface area contributed by atoms with E-state index in [0.717, 1.165) is 12.5 Å². The second kappa shape index (κ2) is 6.28. The summed E-state index contributed by atoms with van der Waals surface area (Å²) in [6, 6.07) is 8.92. The summed E-state index contributed by atoms with van der Waals surface area (Å²) in [5, 5.41) is 0. The van der Waals surface area contributed by atoms with E-state index in [1.165, 1.54) is 30.4 Å². The molecule has 0 radical (unpaired) electrons. The molecule has 1 aliphatic rings. The van der Waals surface area contributed by atoms with Gasteiger partial charge in [-0.3, -0.25) is 4.90 Å². The Morgan fingerprint density at radius 2 is 2.10 bits per heavy atom. The van der Waals surface area contributed by atoms with Crippen LogP contribution in [0.1, 0.15) is 57.1 Å². The van der Waals surface area contributed by atoms with Crippen LogP contribution in [-0.4, -0.2) is 25.0 Å². The van der Waals surface area contributed by atoms with Crippen LogP contribution in [0.4, 0.5) is 0 Å². The van der Waals surface area contributed by atoms with E-state index in [1.807, 2.05) is 0 Å². The first-order valence-electron chi connectivity index (χ1n) is 8.05. The van der Waals surface area contributed by atoms with Gasteiger partial charge in [-0.2, -0.15) is 0 Å². The van der Waals surface area contributed by atoms with Crippen molar-refractivity contribution < 1.29 is 0 Å². The molecule has 2 N–H and O–H groups in total. The number of rotatable bonds is 5. The summed E-state index contributed by atoms with van der Waals surface area (Å²) in [6.45, 7) is 8.77. The maximum Gasteiger partial charge on any atom is 0.0584 e. The van der Waals surface area contributed by atoms with Gasteiger partial charge in [0.15, 0.2) is 0 Å². The number of nitrogens with two attached hydrogens (primary N) is 1. The monoisotopic (exact) mass is 274 g/mol. The van der Waals surface area contributed by atoms with Gasteiger partial charge >= 0.3 is 0 Å². The molecule has 20 heavy (non-hydrogen) atoms. The van der Waals surface area contributed by atoms with Crippen molar-refractivity contribution in [2.24, 2.45) is 11.7 Å². The molecular formula is C18H30N2.